The number of H-pyrrole nitrogens is 1. The first-order valence-corrected chi connectivity index (χ1v) is 15.8. The number of aryl methyl sites for hydroxylation is 1. The maximum absolute atomic E-state index is 12.5. The molecule has 262 valence electrons. The van der Waals surface area contributed by atoms with Gasteiger partial charge in [0.1, 0.15) is 11.4 Å². The molecular formula is C35H48F3N7O3. The molecule has 0 bridgehead atoms. The van der Waals surface area contributed by atoms with Crippen molar-refractivity contribution >= 4 is 17.0 Å². The van der Waals surface area contributed by atoms with E-state index in [4.69, 9.17) is 16.6 Å². The third-order valence-corrected chi connectivity index (χ3v) is 7.36. The van der Waals surface area contributed by atoms with E-state index in [1.807, 2.05) is 57.3 Å². The van der Waals surface area contributed by atoms with Crippen molar-refractivity contribution in [2.75, 3.05) is 19.7 Å². The Morgan fingerprint density at radius 2 is 1.67 bits per heavy atom. The first kappa shape index (κ1) is 38.1. The van der Waals surface area contributed by atoms with Crippen LogP contribution in [0.25, 0.3) is 16.7 Å². The molecule has 0 aliphatic rings. The Labute approximate surface area is 279 Å². The van der Waals surface area contributed by atoms with Gasteiger partial charge in [0.05, 0.1) is 5.69 Å². The van der Waals surface area contributed by atoms with Crippen molar-refractivity contribution in [2.45, 2.75) is 84.5 Å². The second-order valence-corrected chi connectivity index (χ2v) is 13.6. The van der Waals surface area contributed by atoms with Gasteiger partial charge in [0.2, 0.25) is 0 Å². The van der Waals surface area contributed by atoms with Gasteiger partial charge in [-0.15, -0.1) is 13.2 Å². The summed E-state index contributed by atoms with van der Waals surface area (Å²) in [5.41, 5.74) is 15.1. The van der Waals surface area contributed by atoms with Crippen LogP contribution in [0.1, 0.15) is 76.8 Å². The van der Waals surface area contributed by atoms with Crippen LogP contribution in [0.2, 0.25) is 0 Å². The molecule has 0 saturated heterocycles. The molecule has 13 heteroatoms. The number of aromatic amines is 1. The van der Waals surface area contributed by atoms with Crippen LogP contribution in [0.5, 0.6) is 5.75 Å². The van der Waals surface area contributed by atoms with E-state index in [2.05, 4.69) is 51.9 Å². The van der Waals surface area contributed by atoms with E-state index < -0.39 is 6.36 Å². The highest BCUT2D eigenvalue weighted by atomic mass is 19.4. The average Bonchev–Trinajstić information content (AvgIpc) is 3.40. The number of alkyl halides is 3. The number of nitrogens with zero attached hydrogens (tertiary/aromatic N) is 3. The average molecular weight is 672 g/mol. The highest BCUT2D eigenvalue weighted by Crippen LogP contribution is 2.31. The summed E-state index contributed by atoms with van der Waals surface area (Å²) < 4.78 is 42.4. The van der Waals surface area contributed by atoms with Crippen molar-refractivity contribution in [3.05, 3.63) is 87.6 Å². The summed E-state index contributed by atoms with van der Waals surface area (Å²) in [6.45, 7) is 14.3. The smallest absolute Gasteiger partial charge is 0.406 e. The zero-order valence-electron chi connectivity index (χ0n) is 28.5. The number of nitrogens with two attached hydrogens (primary N) is 2. The van der Waals surface area contributed by atoms with Crippen LogP contribution >= 0.6 is 0 Å². The molecule has 0 aliphatic heterocycles. The number of fused-ring (bicyclic) bond motifs is 1. The number of guanidine groups is 1. The van der Waals surface area contributed by atoms with Gasteiger partial charge in [0.25, 0.3) is 0 Å². The van der Waals surface area contributed by atoms with E-state index in [0.717, 1.165) is 53.0 Å². The Hall–Kier alpha value is -4.36. The van der Waals surface area contributed by atoms with E-state index in [0.29, 0.717) is 25.0 Å². The van der Waals surface area contributed by atoms with Crippen LogP contribution in [-0.2, 0) is 23.8 Å². The maximum atomic E-state index is 12.5. The fourth-order valence-electron chi connectivity index (χ4n) is 4.72. The van der Waals surface area contributed by atoms with Crippen LogP contribution in [0.3, 0.4) is 0 Å². The molecular weight excluding hydrogens is 623 g/mol. The molecule has 0 aliphatic carbocycles. The first-order chi connectivity index (χ1) is 22.4. The minimum absolute atomic E-state index is 0.00913. The van der Waals surface area contributed by atoms with E-state index in [1.54, 1.807) is 4.57 Å². The lowest BCUT2D eigenvalue weighted by molar-refractivity contribution is -0.274. The zero-order chi connectivity index (χ0) is 35.7. The maximum Gasteiger partial charge on any atom is 0.573 e. The third-order valence-electron chi connectivity index (χ3n) is 7.36. The molecule has 0 unspecified atom stereocenters. The number of aliphatic imine (C=N–C) groups is 1. The highest BCUT2D eigenvalue weighted by molar-refractivity contribution is 5.76. The van der Waals surface area contributed by atoms with Gasteiger partial charge in [-0.25, -0.2) is 4.79 Å². The van der Waals surface area contributed by atoms with Gasteiger partial charge in [-0.2, -0.15) is 4.98 Å². The summed E-state index contributed by atoms with van der Waals surface area (Å²) in [7, 11) is 0. The number of aliphatic hydroxyl groups excluding tert-OH is 1. The lowest BCUT2D eigenvalue weighted by Crippen LogP contribution is -2.23. The number of aliphatic hydroxyl groups is 1. The Morgan fingerprint density at radius 1 is 0.979 bits per heavy atom. The lowest BCUT2D eigenvalue weighted by atomic mass is 9.85. The summed E-state index contributed by atoms with van der Waals surface area (Å²) in [6.07, 6.45) is -0.948. The number of hydrogen-bond acceptors (Lipinski definition) is 6. The molecule has 48 heavy (non-hydrogen) atoms. The van der Waals surface area contributed by atoms with Gasteiger partial charge < -0.3 is 31.6 Å². The molecule has 0 atom stereocenters. The Balaban J connectivity index is 0.000000286. The normalized spacial score (nSPS) is 12.0. The fourth-order valence-corrected chi connectivity index (χ4v) is 4.72. The minimum atomic E-state index is -4.69. The summed E-state index contributed by atoms with van der Waals surface area (Å²) in [5.74, 6) is -0.0781. The number of benzene rings is 2. The highest BCUT2D eigenvalue weighted by Gasteiger charge is 2.31. The fraction of sp³-hybridized carbons (Fsp3) is 0.457. The van der Waals surface area contributed by atoms with Crippen molar-refractivity contribution in [2.24, 2.45) is 16.5 Å². The second-order valence-electron chi connectivity index (χ2n) is 13.6. The predicted octanol–water partition coefficient (Wildman–Crippen LogP) is 5.57. The minimum Gasteiger partial charge on any atom is -0.406 e. The molecule has 2 aromatic heterocycles. The third kappa shape index (κ3) is 12.0. The van der Waals surface area contributed by atoms with Crippen LogP contribution in [0.15, 0.2) is 64.5 Å². The molecule has 4 aromatic rings. The SMILES string of the molecule is CC(C)(C)c1cc(CCCO)cc(OC(F)(F)F)c1.CC(C)(C)c1cc2cn(-c3ccc(CNCCCN=C(N)N)cc3)c(=O)nc2[nH]1. The van der Waals surface area contributed by atoms with Crippen molar-refractivity contribution in [1.82, 2.24) is 19.9 Å². The van der Waals surface area contributed by atoms with Gasteiger partial charge in [-0.1, -0.05) is 59.7 Å². The van der Waals surface area contributed by atoms with E-state index in [9.17, 15) is 18.0 Å². The summed E-state index contributed by atoms with van der Waals surface area (Å²) in [5, 5.41) is 13.1. The van der Waals surface area contributed by atoms with E-state index in [-0.39, 0.29) is 34.8 Å². The van der Waals surface area contributed by atoms with Gasteiger partial charge in [0.15, 0.2) is 5.96 Å². The number of aromatic nitrogens is 3. The molecule has 0 saturated carbocycles. The molecule has 0 amide bonds. The predicted molar refractivity (Wildman–Crippen MR) is 185 cm³/mol. The van der Waals surface area contributed by atoms with Crippen LogP contribution < -0.4 is 27.2 Å². The van der Waals surface area contributed by atoms with Gasteiger partial charge in [-0.05, 0) is 78.2 Å². The van der Waals surface area contributed by atoms with E-state index in [1.165, 1.54) is 12.1 Å². The van der Waals surface area contributed by atoms with Crippen molar-refractivity contribution in [3.8, 4) is 11.4 Å². The molecule has 0 radical (unpaired) electrons. The molecule has 4 rings (SSSR count). The number of hydrogen-bond donors (Lipinski definition) is 5. The van der Waals surface area contributed by atoms with Crippen molar-refractivity contribution in [3.63, 3.8) is 0 Å². The number of nitrogens with one attached hydrogen (secondary N) is 2. The summed E-state index contributed by atoms with van der Waals surface area (Å²) in [4.78, 5) is 23.9. The monoisotopic (exact) mass is 671 g/mol. The Bertz CT molecular complexity index is 1710. The molecule has 0 fully saturated rings. The summed E-state index contributed by atoms with van der Waals surface area (Å²) >= 11 is 0. The summed E-state index contributed by atoms with van der Waals surface area (Å²) in [6, 6.07) is 14.6. The molecule has 0 spiro atoms. The zero-order valence-corrected chi connectivity index (χ0v) is 28.5. The molecule has 7 N–H and O–H groups in total. The first-order valence-electron chi connectivity index (χ1n) is 15.8. The Morgan fingerprint density at radius 3 is 2.25 bits per heavy atom. The topological polar surface area (TPSA) is 157 Å². The second kappa shape index (κ2) is 16.2. The number of ether oxygens (including phenoxy) is 1. The van der Waals surface area contributed by atoms with Crippen LogP contribution in [-0.4, -0.2) is 51.7 Å². The van der Waals surface area contributed by atoms with Crippen molar-refractivity contribution in [1.29, 1.82) is 0 Å². The van der Waals surface area contributed by atoms with Gasteiger partial charge in [0, 0.05) is 42.4 Å². The van der Waals surface area contributed by atoms with Gasteiger partial charge >= 0.3 is 12.1 Å². The lowest BCUT2D eigenvalue weighted by Gasteiger charge is -2.21. The van der Waals surface area contributed by atoms with Crippen LogP contribution in [0, 0.1) is 0 Å². The van der Waals surface area contributed by atoms with Crippen molar-refractivity contribution < 1.29 is 23.0 Å². The molecule has 2 heterocycles. The molecule has 2 aromatic carbocycles. The van der Waals surface area contributed by atoms with Crippen LogP contribution in [0.4, 0.5) is 13.2 Å². The quantitative estimate of drug-likeness (QED) is 0.0793. The number of rotatable bonds is 11. The standard InChI is InChI=1S/C21H29N7O.C14H19F3O2/c1-21(2,3)17-11-15-13-28(20(29)27-18(15)26-17)16-7-5-14(6-8-16)12-24-9-4-10-25-19(22)23;1-13(2,3)11-7-10(5-4-6-18)8-12(9-11)19-14(15,16)17/h5-8,11,13,24H,4,9-10,12H2,1-3H3,(H4,22,23,25)(H,26,27,29);7-9,18H,4-6H2,1-3H3. The Kier molecular flexibility index (Phi) is 12.8. The van der Waals surface area contributed by atoms with E-state index >= 15 is 0 Å². The largest absolute Gasteiger partial charge is 0.573 e. The molecule has 10 nitrogen and oxygen atoms in total. The number of halogens is 3. The van der Waals surface area contributed by atoms with Gasteiger partial charge in [-0.3, -0.25) is 9.56 Å².